The minimum atomic E-state index is -0.513. The molecule has 2 aromatic carbocycles. The Bertz CT molecular complexity index is 1490. The number of halogens is 1. The predicted molar refractivity (Wildman–Crippen MR) is 169 cm³/mol. The van der Waals surface area contributed by atoms with Gasteiger partial charge in [-0.1, -0.05) is 52.0 Å². The maximum atomic E-state index is 14.1. The highest BCUT2D eigenvalue weighted by Gasteiger charge is 2.49. The Morgan fingerprint density at radius 3 is 2.14 bits per heavy atom. The standard InChI is InChI=1S/C37H44FNO5/c1-8-10-24-16-25(17-31(43-7)35(24)44-22-23-11-9-12-26(38)15-23)32-33-27(18-36(2,3)20-29(33)40)39(13-14-42-6)28-19-37(4,5)21-30(41)34(28)32/h8-9,11-12,15-17,32H,1,10,13-14,18-22H2,2-7H3. The quantitative estimate of drug-likeness (QED) is 0.263. The number of benzene rings is 2. The van der Waals surface area contributed by atoms with Crippen molar-refractivity contribution in [1.29, 1.82) is 0 Å². The molecule has 0 bridgehead atoms. The molecule has 3 aliphatic rings. The molecular weight excluding hydrogens is 557 g/mol. The van der Waals surface area contributed by atoms with Crippen molar-refractivity contribution in [3.63, 3.8) is 0 Å². The fourth-order valence-electron chi connectivity index (χ4n) is 7.09. The number of carbonyl (C=O) groups is 2. The Labute approximate surface area is 260 Å². The van der Waals surface area contributed by atoms with Gasteiger partial charge >= 0.3 is 0 Å². The lowest BCUT2D eigenvalue weighted by molar-refractivity contribution is -0.119. The first-order valence-electron chi connectivity index (χ1n) is 15.4. The Kier molecular flexibility index (Phi) is 8.90. The van der Waals surface area contributed by atoms with Crippen LogP contribution < -0.4 is 9.47 Å². The highest BCUT2D eigenvalue weighted by molar-refractivity contribution is 6.06. The molecule has 44 heavy (non-hydrogen) atoms. The summed E-state index contributed by atoms with van der Waals surface area (Å²) >= 11 is 0. The summed E-state index contributed by atoms with van der Waals surface area (Å²) < 4.78 is 31.5. The van der Waals surface area contributed by atoms with Crippen molar-refractivity contribution < 1.29 is 28.2 Å². The number of rotatable bonds is 10. The van der Waals surface area contributed by atoms with Crippen molar-refractivity contribution in [1.82, 2.24) is 4.90 Å². The van der Waals surface area contributed by atoms with E-state index < -0.39 is 5.92 Å². The number of hydrogen-bond donors (Lipinski definition) is 0. The molecule has 1 aliphatic heterocycles. The van der Waals surface area contributed by atoms with Crippen molar-refractivity contribution in [2.75, 3.05) is 27.4 Å². The van der Waals surface area contributed by atoms with Gasteiger partial charge in [0.1, 0.15) is 12.4 Å². The molecule has 0 unspecified atom stereocenters. The third-order valence-corrected chi connectivity index (χ3v) is 8.88. The zero-order valence-electron chi connectivity index (χ0n) is 26.8. The van der Waals surface area contributed by atoms with Gasteiger partial charge in [-0.3, -0.25) is 9.59 Å². The average molecular weight is 602 g/mol. The molecule has 1 heterocycles. The lowest BCUT2D eigenvalue weighted by atomic mass is 9.63. The lowest BCUT2D eigenvalue weighted by Gasteiger charge is -2.49. The van der Waals surface area contributed by atoms with Crippen LogP contribution in [0.15, 0.2) is 71.6 Å². The maximum Gasteiger partial charge on any atom is 0.165 e. The van der Waals surface area contributed by atoms with E-state index in [4.69, 9.17) is 14.2 Å². The van der Waals surface area contributed by atoms with E-state index in [2.05, 4.69) is 39.2 Å². The van der Waals surface area contributed by atoms with Gasteiger partial charge in [0.15, 0.2) is 23.1 Å². The minimum Gasteiger partial charge on any atom is -0.493 e. The van der Waals surface area contributed by atoms with Gasteiger partial charge in [-0.2, -0.15) is 0 Å². The largest absolute Gasteiger partial charge is 0.493 e. The van der Waals surface area contributed by atoms with E-state index in [0.717, 1.165) is 35.4 Å². The highest BCUT2D eigenvalue weighted by Crippen LogP contribution is 2.55. The van der Waals surface area contributed by atoms with Crippen molar-refractivity contribution in [3.8, 4) is 11.5 Å². The van der Waals surface area contributed by atoms with Crippen LogP contribution >= 0.6 is 0 Å². The van der Waals surface area contributed by atoms with E-state index in [1.165, 1.54) is 12.1 Å². The fourth-order valence-corrected chi connectivity index (χ4v) is 7.09. The SMILES string of the molecule is C=CCc1cc(C2C3=C(CC(C)(C)CC3=O)N(CCOC)C3=C2C(=O)CC(C)(C)C3)cc(OC)c1OCc1cccc(F)c1. The summed E-state index contributed by atoms with van der Waals surface area (Å²) in [4.78, 5) is 30.5. The molecule has 0 saturated carbocycles. The smallest absolute Gasteiger partial charge is 0.165 e. The molecule has 0 amide bonds. The van der Waals surface area contributed by atoms with Gasteiger partial charge in [0.05, 0.1) is 13.7 Å². The maximum absolute atomic E-state index is 14.1. The van der Waals surface area contributed by atoms with Gasteiger partial charge in [0, 0.05) is 60.5 Å². The molecule has 2 aliphatic carbocycles. The Morgan fingerprint density at radius 1 is 0.955 bits per heavy atom. The van der Waals surface area contributed by atoms with Gasteiger partial charge in [0.25, 0.3) is 0 Å². The summed E-state index contributed by atoms with van der Waals surface area (Å²) in [6.07, 6.45) is 4.55. The van der Waals surface area contributed by atoms with E-state index in [1.807, 2.05) is 18.2 Å². The number of ketones is 2. The van der Waals surface area contributed by atoms with E-state index >= 15 is 0 Å². The van der Waals surface area contributed by atoms with Crippen molar-refractivity contribution in [2.45, 2.75) is 72.3 Å². The second-order valence-electron chi connectivity index (χ2n) is 13.8. The Hall–Kier alpha value is -3.71. The van der Waals surface area contributed by atoms with Gasteiger partial charge in [-0.25, -0.2) is 4.39 Å². The number of Topliss-reactive ketones (excluding diaryl/α,β-unsaturated/α-hetero) is 2. The molecule has 0 saturated heterocycles. The summed E-state index contributed by atoms with van der Waals surface area (Å²) in [5, 5.41) is 0. The summed E-state index contributed by atoms with van der Waals surface area (Å²) in [7, 11) is 3.26. The molecule has 6 nitrogen and oxygen atoms in total. The van der Waals surface area contributed by atoms with Crippen LogP contribution in [0.25, 0.3) is 0 Å². The number of methoxy groups -OCH3 is 2. The fraction of sp³-hybridized carbons (Fsp3) is 0.459. The van der Waals surface area contributed by atoms with Crippen LogP contribution in [0.5, 0.6) is 11.5 Å². The molecule has 234 valence electrons. The van der Waals surface area contributed by atoms with Crippen molar-refractivity contribution in [3.05, 3.63) is 94.1 Å². The van der Waals surface area contributed by atoms with Crippen LogP contribution in [0, 0.1) is 16.6 Å². The normalized spacial score (nSPS) is 19.6. The van der Waals surface area contributed by atoms with Crippen LogP contribution in [0.1, 0.15) is 76.0 Å². The second kappa shape index (κ2) is 12.4. The molecule has 0 N–H and O–H groups in total. The number of allylic oxidation sites excluding steroid dienone is 5. The first-order valence-corrected chi connectivity index (χ1v) is 15.4. The van der Waals surface area contributed by atoms with Crippen LogP contribution in [-0.4, -0.2) is 43.8 Å². The molecule has 0 aromatic heterocycles. The summed E-state index contributed by atoms with van der Waals surface area (Å²) in [6.45, 7) is 13.7. The molecule has 2 aromatic rings. The highest BCUT2D eigenvalue weighted by atomic mass is 19.1. The molecule has 0 radical (unpaired) electrons. The number of hydrogen-bond acceptors (Lipinski definition) is 6. The Balaban J connectivity index is 1.70. The third-order valence-electron chi connectivity index (χ3n) is 8.88. The van der Waals surface area contributed by atoms with Gasteiger partial charge in [-0.15, -0.1) is 6.58 Å². The average Bonchev–Trinajstić information content (AvgIpc) is 2.93. The molecule has 0 atom stereocenters. The molecule has 0 spiro atoms. The van der Waals surface area contributed by atoms with E-state index in [0.29, 0.717) is 60.6 Å². The molecule has 5 rings (SSSR count). The number of nitrogens with zero attached hydrogens (tertiary/aromatic N) is 1. The number of carbonyl (C=O) groups excluding carboxylic acids is 2. The van der Waals surface area contributed by atoms with E-state index in [1.54, 1.807) is 26.4 Å². The van der Waals surface area contributed by atoms with E-state index in [-0.39, 0.29) is 34.8 Å². The van der Waals surface area contributed by atoms with Gasteiger partial charge in [0.2, 0.25) is 0 Å². The zero-order valence-corrected chi connectivity index (χ0v) is 26.8. The first kappa shape index (κ1) is 31.7. The monoisotopic (exact) mass is 601 g/mol. The topological polar surface area (TPSA) is 65.1 Å². The van der Waals surface area contributed by atoms with Crippen LogP contribution in [0.2, 0.25) is 0 Å². The predicted octanol–water partition coefficient (Wildman–Crippen LogP) is 7.47. The number of ether oxygens (including phenoxy) is 3. The summed E-state index contributed by atoms with van der Waals surface area (Å²) in [5.74, 6) is 0.334. The summed E-state index contributed by atoms with van der Waals surface area (Å²) in [6, 6.07) is 10.2. The molecule has 0 fully saturated rings. The third kappa shape index (κ3) is 6.25. The van der Waals surface area contributed by atoms with Crippen LogP contribution in [0.4, 0.5) is 4.39 Å². The van der Waals surface area contributed by atoms with Crippen molar-refractivity contribution in [2.24, 2.45) is 10.8 Å². The Morgan fingerprint density at radius 2 is 1.59 bits per heavy atom. The van der Waals surface area contributed by atoms with Crippen LogP contribution in [0.3, 0.4) is 0 Å². The minimum absolute atomic E-state index is 0.0727. The van der Waals surface area contributed by atoms with Gasteiger partial charge < -0.3 is 19.1 Å². The first-order chi connectivity index (χ1) is 20.9. The van der Waals surface area contributed by atoms with Crippen molar-refractivity contribution >= 4 is 11.6 Å². The lowest BCUT2D eigenvalue weighted by Crippen LogP contribution is -2.45. The zero-order chi connectivity index (χ0) is 31.8. The van der Waals surface area contributed by atoms with E-state index in [9.17, 15) is 14.0 Å². The summed E-state index contributed by atoms with van der Waals surface area (Å²) in [5.41, 5.74) is 5.31. The van der Waals surface area contributed by atoms with Crippen LogP contribution in [-0.2, 0) is 27.4 Å². The second-order valence-corrected chi connectivity index (χ2v) is 13.8. The molecule has 7 heteroatoms. The van der Waals surface area contributed by atoms with Gasteiger partial charge in [-0.05, 0) is 59.4 Å². The molecular formula is C37H44FNO5.